The average Bonchev–Trinajstić information content (AvgIpc) is 3.16. The number of carbonyl (C=O) groups excluding carboxylic acids is 5. The Morgan fingerprint density at radius 1 is 0.864 bits per heavy atom. The van der Waals surface area contributed by atoms with Crippen molar-refractivity contribution < 1.29 is 78.3 Å². The summed E-state index contributed by atoms with van der Waals surface area (Å²) in [5.41, 5.74) is -5.03. The molecule has 1 amide bonds. The van der Waals surface area contributed by atoms with Crippen LogP contribution in [0.2, 0.25) is 0 Å². The largest absolute Gasteiger partial charge is 0.505 e. The molecule has 7 N–H and O–H groups in total. The summed E-state index contributed by atoms with van der Waals surface area (Å²) in [5, 5.41) is 72.5. The number of anilines is 1. The van der Waals surface area contributed by atoms with Crippen LogP contribution in [0.1, 0.15) is 83.8 Å². The summed E-state index contributed by atoms with van der Waals surface area (Å²) in [6, 6.07) is 0. The Hall–Kier alpha value is -5.33. The molecule has 0 spiro atoms. The van der Waals surface area contributed by atoms with Crippen LogP contribution in [0.15, 0.2) is 52.5 Å². The number of aliphatic hydroxyl groups excluding tert-OH is 3. The number of hydrogen-bond donors (Lipinski definition) is 7. The molecule has 3 aliphatic heterocycles. The zero-order chi connectivity index (χ0) is 44.6. The molecule has 0 aromatic heterocycles. The average molecular weight is 828 g/mol. The summed E-state index contributed by atoms with van der Waals surface area (Å²) in [6.07, 6.45) is -2.49. The van der Waals surface area contributed by atoms with Gasteiger partial charge in [-0.2, -0.15) is 0 Å². The molecule has 9 atom stereocenters. The summed E-state index contributed by atoms with van der Waals surface area (Å²) in [6.45, 7) is 12.5. The van der Waals surface area contributed by atoms with Crippen molar-refractivity contribution in [3.05, 3.63) is 69.2 Å². The lowest BCUT2D eigenvalue weighted by Gasteiger charge is -2.41. The van der Waals surface area contributed by atoms with E-state index in [0.29, 0.717) is 0 Å². The number of aliphatic hydroxyl groups is 5. The maximum Gasteiger partial charge on any atom is 0.315 e. The van der Waals surface area contributed by atoms with E-state index in [-0.39, 0.29) is 61.9 Å². The molecule has 1 aliphatic carbocycles. The summed E-state index contributed by atoms with van der Waals surface area (Å²) in [5.74, 6) is -9.89. The number of phenols is 1. The molecule has 4 bridgehead atoms. The molecular formula is C42H53NO16. The van der Waals surface area contributed by atoms with Crippen LogP contribution in [-0.2, 0) is 38.1 Å². The van der Waals surface area contributed by atoms with Gasteiger partial charge in [0, 0.05) is 48.0 Å². The quantitative estimate of drug-likeness (QED) is 0.131. The fourth-order valence-corrected chi connectivity index (χ4v) is 7.66. The first kappa shape index (κ1) is 46.4. The normalized spacial score (nSPS) is 30.7. The van der Waals surface area contributed by atoms with Crippen LogP contribution in [0.3, 0.4) is 0 Å². The number of Topliss-reactive ketones (excluding diaryl/α,β-unsaturated/α-hetero) is 1. The fraction of sp³-hybridized carbons (Fsp3) is 0.500. The first-order chi connectivity index (χ1) is 27.3. The highest BCUT2D eigenvalue weighted by Gasteiger charge is 2.50. The van der Waals surface area contributed by atoms with Gasteiger partial charge in [0.1, 0.15) is 40.5 Å². The maximum atomic E-state index is 14.0. The predicted octanol–water partition coefficient (Wildman–Crippen LogP) is 2.79. The van der Waals surface area contributed by atoms with E-state index in [0.717, 1.165) is 27.0 Å². The number of rotatable bonds is 3. The van der Waals surface area contributed by atoms with Crippen LogP contribution in [-0.4, -0.2) is 110 Å². The zero-order valence-corrected chi connectivity index (χ0v) is 34.8. The van der Waals surface area contributed by atoms with Crippen LogP contribution in [0.5, 0.6) is 11.5 Å². The van der Waals surface area contributed by atoms with Gasteiger partial charge in [-0.25, -0.2) is 0 Å². The zero-order valence-electron chi connectivity index (χ0n) is 34.8. The summed E-state index contributed by atoms with van der Waals surface area (Å²) in [7, 11) is 1.01. The van der Waals surface area contributed by atoms with E-state index in [2.05, 4.69) is 5.32 Å². The second-order valence-corrected chi connectivity index (χ2v) is 15.6. The van der Waals surface area contributed by atoms with Crippen molar-refractivity contribution >= 4 is 40.9 Å². The molecule has 0 unspecified atom stereocenters. The molecule has 0 radical (unpaired) electrons. The van der Waals surface area contributed by atoms with Crippen molar-refractivity contribution in [2.75, 3.05) is 19.2 Å². The van der Waals surface area contributed by atoms with Crippen molar-refractivity contribution in [2.24, 2.45) is 17.8 Å². The Bertz CT molecular complexity index is 2090. The van der Waals surface area contributed by atoms with Gasteiger partial charge in [-0.05, 0) is 53.2 Å². The van der Waals surface area contributed by atoms with Gasteiger partial charge in [-0.1, -0.05) is 32.1 Å². The number of esters is 3. The standard InChI is InChI=1S/C42H53NO16/c1-17-13-12-14-41(9,53)37(49)21(5)31(47)28(40(52)55-11)36(59-24(8)45)22(6)38(50)42(10,54)15-18(2)33-27-25-26(30(46)20(4)34(27)57-16-56-33)32(48)29(43-39(17)51)19(3)35(25)58-23(7)44/h12-15,21-22,28,31,36-38,47-50,53-54H,16H2,1-11H3,(H,43,51)/t21-,22-,28+,31+,36+,37-,38+,41-,42+/m0/s1. The Kier molecular flexibility index (Phi) is 13.7. The number of carbonyl (C=O) groups is 5. The topological polar surface area (TPSA) is 265 Å². The second-order valence-electron chi connectivity index (χ2n) is 15.6. The summed E-state index contributed by atoms with van der Waals surface area (Å²) in [4.78, 5) is 66.1. The molecule has 0 saturated carbocycles. The van der Waals surface area contributed by atoms with E-state index in [1.54, 1.807) is 0 Å². The molecule has 1 aromatic carbocycles. The van der Waals surface area contributed by atoms with Crippen LogP contribution < -0.4 is 10.1 Å². The Morgan fingerprint density at radius 3 is 2.03 bits per heavy atom. The van der Waals surface area contributed by atoms with Gasteiger partial charge in [0.05, 0.1) is 42.2 Å². The van der Waals surface area contributed by atoms with Crippen molar-refractivity contribution in [3.63, 3.8) is 0 Å². The molecule has 0 fully saturated rings. The fourth-order valence-electron chi connectivity index (χ4n) is 7.66. The Labute approximate surface area is 341 Å². The van der Waals surface area contributed by atoms with Crippen LogP contribution in [0.4, 0.5) is 5.69 Å². The van der Waals surface area contributed by atoms with Gasteiger partial charge in [-0.15, -0.1) is 0 Å². The number of phenolic OH excluding ortho intramolecular Hbond substituents is 1. The third kappa shape index (κ3) is 8.99. The number of nitrogens with one attached hydrogen (secondary N) is 1. The molecule has 1 aromatic rings. The molecule has 322 valence electrons. The molecule has 0 saturated heterocycles. The molecule has 3 heterocycles. The number of ketones is 1. The lowest BCUT2D eigenvalue weighted by Crippen LogP contribution is -2.55. The number of amides is 1. The lowest BCUT2D eigenvalue weighted by molar-refractivity contribution is -0.183. The minimum Gasteiger partial charge on any atom is -0.505 e. The molecule has 17 heteroatoms. The predicted molar refractivity (Wildman–Crippen MR) is 209 cm³/mol. The van der Waals surface area contributed by atoms with E-state index < -0.39 is 95.5 Å². The van der Waals surface area contributed by atoms with Crippen molar-refractivity contribution in [1.29, 1.82) is 0 Å². The summed E-state index contributed by atoms with van der Waals surface area (Å²) < 4.78 is 27.9. The number of aromatic hydroxyl groups is 1. The highest BCUT2D eigenvalue weighted by Crippen LogP contribution is 2.53. The highest BCUT2D eigenvalue weighted by molar-refractivity contribution is 6.21. The highest BCUT2D eigenvalue weighted by atomic mass is 16.7. The van der Waals surface area contributed by atoms with Gasteiger partial charge in [-0.3, -0.25) is 24.0 Å². The van der Waals surface area contributed by atoms with Crippen molar-refractivity contribution in [3.8, 4) is 11.5 Å². The molecule has 59 heavy (non-hydrogen) atoms. The molecule has 17 nitrogen and oxygen atoms in total. The van der Waals surface area contributed by atoms with Crippen LogP contribution in [0, 0.1) is 24.7 Å². The Morgan fingerprint density at radius 2 is 1.46 bits per heavy atom. The van der Waals surface area contributed by atoms with Gasteiger partial charge < -0.3 is 59.6 Å². The van der Waals surface area contributed by atoms with Gasteiger partial charge in [0.15, 0.2) is 11.5 Å². The third-order valence-electron chi connectivity index (χ3n) is 10.9. The number of allylic oxidation sites excluding steroid dienone is 5. The monoisotopic (exact) mass is 827 g/mol. The van der Waals surface area contributed by atoms with E-state index in [1.165, 1.54) is 73.6 Å². The Balaban J connectivity index is 2.12. The molecule has 4 aliphatic rings. The summed E-state index contributed by atoms with van der Waals surface area (Å²) >= 11 is 0. The van der Waals surface area contributed by atoms with Crippen molar-refractivity contribution in [1.82, 2.24) is 0 Å². The SMILES string of the molecule is COC(=O)[C@@H]1[C@H](O)[C@H](C)[C@H](O)[C@@](C)(O)C=CC=C(C)C(=O)Nc2c(C)c(OC(C)=O)c3c(c2O)C(=O)C(C)=C2OCOC(=C23)C(C)=C[C@@](C)(O)[C@H](O)[C@@H](C)[C@H]1OC(C)=O. The number of ether oxygens (including phenoxy) is 5. The number of hydrogen-bond acceptors (Lipinski definition) is 16. The lowest BCUT2D eigenvalue weighted by atomic mass is 9.74. The molecular weight excluding hydrogens is 774 g/mol. The minimum absolute atomic E-state index is 0.00133. The van der Waals surface area contributed by atoms with Crippen LogP contribution >= 0.6 is 0 Å². The van der Waals surface area contributed by atoms with Gasteiger partial charge in [0.2, 0.25) is 6.79 Å². The first-order valence-electron chi connectivity index (χ1n) is 18.8. The van der Waals surface area contributed by atoms with E-state index >= 15 is 0 Å². The first-order valence-corrected chi connectivity index (χ1v) is 18.8. The van der Waals surface area contributed by atoms with Crippen LogP contribution in [0.25, 0.3) is 5.57 Å². The van der Waals surface area contributed by atoms with E-state index in [4.69, 9.17) is 23.7 Å². The van der Waals surface area contributed by atoms with E-state index in [9.17, 15) is 54.6 Å². The number of methoxy groups -OCH3 is 1. The van der Waals surface area contributed by atoms with Gasteiger partial charge >= 0.3 is 17.9 Å². The molecule has 5 rings (SSSR count). The van der Waals surface area contributed by atoms with E-state index in [1.807, 2.05) is 0 Å². The smallest absolute Gasteiger partial charge is 0.315 e. The van der Waals surface area contributed by atoms with Gasteiger partial charge in [0.25, 0.3) is 5.91 Å². The maximum absolute atomic E-state index is 14.0. The number of fused-ring (bicyclic) bond motifs is 14. The minimum atomic E-state index is -2.26. The number of benzene rings is 1. The van der Waals surface area contributed by atoms with Crippen molar-refractivity contribution in [2.45, 2.75) is 105 Å². The second kappa shape index (κ2) is 17.5. The third-order valence-corrected chi connectivity index (χ3v) is 10.9.